The number of amides is 1. The maximum atomic E-state index is 14.7. The molecule has 2 heterocycles. The number of nitrogens with one attached hydrogen (secondary N) is 1. The van der Waals surface area contributed by atoms with E-state index in [0.29, 0.717) is 30.2 Å². The second kappa shape index (κ2) is 7.56. The zero-order chi connectivity index (χ0) is 19.7. The van der Waals surface area contributed by atoms with E-state index in [1.54, 1.807) is 18.3 Å². The van der Waals surface area contributed by atoms with Gasteiger partial charge in [-0.25, -0.2) is 4.39 Å². The quantitative estimate of drug-likeness (QED) is 0.740. The van der Waals surface area contributed by atoms with Gasteiger partial charge in [0.05, 0.1) is 17.9 Å². The fourth-order valence-electron chi connectivity index (χ4n) is 3.71. The summed E-state index contributed by atoms with van der Waals surface area (Å²) < 4.78 is 20.5. The molecule has 0 aliphatic carbocycles. The Morgan fingerprint density at radius 3 is 2.64 bits per heavy atom. The van der Waals surface area contributed by atoms with Crippen molar-refractivity contribution >= 4 is 28.1 Å². The van der Waals surface area contributed by atoms with Crippen molar-refractivity contribution in [1.82, 2.24) is 4.98 Å². The Bertz CT molecular complexity index is 1010. The minimum absolute atomic E-state index is 0.0416. The number of morpholine rings is 1. The molecule has 2 unspecified atom stereocenters. The molecule has 0 spiro atoms. The van der Waals surface area contributed by atoms with Gasteiger partial charge in [-0.15, -0.1) is 0 Å². The maximum absolute atomic E-state index is 14.7. The first kappa shape index (κ1) is 18.4. The van der Waals surface area contributed by atoms with Gasteiger partial charge in [0.25, 0.3) is 5.91 Å². The number of hydrogen-bond donors (Lipinski definition) is 1. The van der Waals surface area contributed by atoms with E-state index in [1.165, 1.54) is 6.07 Å². The second-order valence-corrected chi connectivity index (χ2v) is 7.16. The summed E-state index contributed by atoms with van der Waals surface area (Å²) in [7, 11) is 0. The zero-order valence-corrected chi connectivity index (χ0v) is 15.9. The van der Waals surface area contributed by atoms with E-state index >= 15 is 0 Å². The Morgan fingerprint density at radius 1 is 1.14 bits per heavy atom. The van der Waals surface area contributed by atoms with Crippen LogP contribution in [0.15, 0.2) is 54.7 Å². The van der Waals surface area contributed by atoms with Gasteiger partial charge in [0.1, 0.15) is 11.5 Å². The minimum atomic E-state index is -0.370. The molecule has 1 aliphatic rings. The van der Waals surface area contributed by atoms with Crippen LogP contribution in [0.3, 0.4) is 0 Å². The molecule has 1 saturated heterocycles. The van der Waals surface area contributed by atoms with Gasteiger partial charge in [0.2, 0.25) is 0 Å². The molecule has 144 valence electrons. The first-order valence-corrected chi connectivity index (χ1v) is 9.36. The average Bonchev–Trinajstić information content (AvgIpc) is 2.66. The van der Waals surface area contributed by atoms with Crippen molar-refractivity contribution in [2.75, 3.05) is 23.3 Å². The zero-order valence-electron chi connectivity index (χ0n) is 15.9. The molecule has 3 aromatic rings. The molecular weight excluding hydrogens is 357 g/mol. The molecule has 5 nitrogen and oxygen atoms in total. The fourth-order valence-corrected chi connectivity index (χ4v) is 3.71. The summed E-state index contributed by atoms with van der Waals surface area (Å²) in [6.07, 6.45) is 1.68. The highest BCUT2D eigenvalue weighted by Crippen LogP contribution is 2.26. The second-order valence-electron chi connectivity index (χ2n) is 7.16. The highest BCUT2D eigenvalue weighted by Gasteiger charge is 2.24. The van der Waals surface area contributed by atoms with Crippen LogP contribution in [0, 0.1) is 5.82 Å². The SMILES string of the molecule is CC1CN(c2ccc(NC(=O)c3nccc4ccccc34)cc2F)CC(C)O1. The lowest BCUT2D eigenvalue weighted by Gasteiger charge is -2.37. The van der Waals surface area contributed by atoms with Crippen molar-refractivity contribution in [2.24, 2.45) is 0 Å². The molecule has 6 heteroatoms. The molecule has 1 N–H and O–H groups in total. The third-order valence-corrected chi connectivity index (χ3v) is 4.85. The van der Waals surface area contributed by atoms with Gasteiger partial charge in [0, 0.05) is 30.4 Å². The van der Waals surface area contributed by atoms with Crippen LogP contribution in [0.4, 0.5) is 15.8 Å². The lowest BCUT2D eigenvalue weighted by Crippen LogP contribution is -2.45. The van der Waals surface area contributed by atoms with Gasteiger partial charge in [-0.1, -0.05) is 24.3 Å². The first-order valence-electron chi connectivity index (χ1n) is 9.36. The van der Waals surface area contributed by atoms with E-state index in [-0.39, 0.29) is 23.9 Å². The highest BCUT2D eigenvalue weighted by molar-refractivity contribution is 6.11. The summed E-state index contributed by atoms with van der Waals surface area (Å²) in [6.45, 7) is 5.22. The number of carbonyl (C=O) groups is 1. The highest BCUT2D eigenvalue weighted by atomic mass is 19.1. The number of pyridine rings is 1. The number of rotatable bonds is 3. The largest absolute Gasteiger partial charge is 0.372 e. The number of carbonyl (C=O) groups excluding carboxylic acids is 1. The molecule has 0 bridgehead atoms. The lowest BCUT2D eigenvalue weighted by molar-refractivity contribution is -0.00539. The predicted molar refractivity (Wildman–Crippen MR) is 108 cm³/mol. The number of hydrogen-bond acceptors (Lipinski definition) is 4. The third-order valence-electron chi connectivity index (χ3n) is 4.85. The van der Waals surface area contributed by atoms with Gasteiger partial charge in [-0.2, -0.15) is 0 Å². The van der Waals surface area contributed by atoms with Crippen LogP contribution in [-0.4, -0.2) is 36.2 Å². The Balaban J connectivity index is 1.55. The molecule has 0 radical (unpaired) electrons. The molecule has 1 aliphatic heterocycles. The summed E-state index contributed by atoms with van der Waals surface area (Å²) >= 11 is 0. The van der Waals surface area contributed by atoms with Crippen LogP contribution in [0.2, 0.25) is 0 Å². The maximum Gasteiger partial charge on any atom is 0.274 e. The molecule has 28 heavy (non-hydrogen) atoms. The van der Waals surface area contributed by atoms with E-state index in [1.807, 2.05) is 49.1 Å². The van der Waals surface area contributed by atoms with Crippen LogP contribution in [0.1, 0.15) is 24.3 Å². The summed E-state index contributed by atoms with van der Waals surface area (Å²) in [4.78, 5) is 18.9. The van der Waals surface area contributed by atoms with E-state index in [0.717, 1.165) is 10.8 Å². The molecule has 1 aromatic heterocycles. The van der Waals surface area contributed by atoms with Crippen LogP contribution in [0.25, 0.3) is 10.8 Å². The summed E-state index contributed by atoms with van der Waals surface area (Å²) in [5, 5.41) is 4.44. The van der Waals surface area contributed by atoms with Gasteiger partial charge >= 0.3 is 0 Å². The van der Waals surface area contributed by atoms with Crippen molar-refractivity contribution in [3.05, 3.63) is 66.2 Å². The standard InChI is InChI=1S/C22H22FN3O2/c1-14-12-26(13-15(2)28-14)20-8-7-17(11-19(20)23)25-22(27)21-18-6-4-3-5-16(18)9-10-24-21/h3-11,14-15H,12-13H2,1-2H3,(H,25,27). The van der Waals surface area contributed by atoms with E-state index in [4.69, 9.17) is 4.74 Å². The number of fused-ring (bicyclic) bond motifs is 1. The molecule has 1 fully saturated rings. The van der Waals surface area contributed by atoms with E-state index < -0.39 is 0 Å². The molecular formula is C22H22FN3O2. The van der Waals surface area contributed by atoms with Gasteiger partial charge in [0.15, 0.2) is 0 Å². The number of benzene rings is 2. The van der Waals surface area contributed by atoms with Gasteiger partial charge < -0.3 is 15.0 Å². The molecule has 2 atom stereocenters. The summed E-state index contributed by atoms with van der Waals surface area (Å²) in [5.41, 5.74) is 1.23. The normalized spacial score (nSPS) is 19.6. The van der Waals surface area contributed by atoms with Crippen molar-refractivity contribution in [3.8, 4) is 0 Å². The van der Waals surface area contributed by atoms with Gasteiger partial charge in [-0.05, 0) is 43.5 Å². The molecule has 0 saturated carbocycles. The Kier molecular flexibility index (Phi) is 4.96. The van der Waals surface area contributed by atoms with Crippen molar-refractivity contribution in [3.63, 3.8) is 0 Å². The van der Waals surface area contributed by atoms with E-state index in [2.05, 4.69) is 10.3 Å². The van der Waals surface area contributed by atoms with Crippen LogP contribution < -0.4 is 10.2 Å². The predicted octanol–water partition coefficient (Wildman–Crippen LogP) is 4.24. The number of anilines is 2. The third kappa shape index (κ3) is 3.68. The summed E-state index contributed by atoms with van der Waals surface area (Å²) in [5.74, 6) is -0.734. The average molecular weight is 379 g/mol. The Hall–Kier alpha value is -2.99. The fraction of sp³-hybridized carbons (Fsp3) is 0.273. The van der Waals surface area contributed by atoms with E-state index in [9.17, 15) is 9.18 Å². The minimum Gasteiger partial charge on any atom is -0.372 e. The molecule has 1 amide bonds. The number of nitrogens with zero attached hydrogens (tertiary/aromatic N) is 2. The number of aromatic nitrogens is 1. The molecule has 4 rings (SSSR count). The topological polar surface area (TPSA) is 54.5 Å². The lowest BCUT2D eigenvalue weighted by atomic mass is 10.1. The van der Waals surface area contributed by atoms with Crippen LogP contribution in [-0.2, 0) is 4.74 Å². The van der Waals surface area contributed by atoms with Crippen molar-refractivity contribution in [2.45, 2.75) is 26.1 Å². The molecule has 2 aromatic carbocycles. The Morgan fingerprint density at radius 2 is 1.89 bits per heavy atom. The van der Waals surface area contributed by atoms with Crippen molar-refractivity contribution < 1.29 is 13.9 Å². The van der Waals surface area contributed by atoms with Crippen LogP contribution in [0.5, 0.6) is 0 Å². The van der Waals surface area contributed by atoms with Gasteiger partial charge in [-0.3, -0.25) is 9.78 Å². The van der Waals surface area contributed by atoms with Crippen LogP contribution >= 0.6 is 0 Å². The Labute approximate surface area is 163 Å². The first-order chi connectivity index (χ1) is 13.5. The van der Waals surface area contributed by atoms with Crippen molar-refractivity contribution in [1.29, 1.82) is 0 Å². The summed E-state index contributed by atoms with van der Waals surface area (Å²) in [6, 6.07) is 14.2. The number of ether oxygens (including phenoxy) is 1. The monoisotopic (exact) mass is 379 g/mol. The number of halogens is 1. The smallest absolute Gasteiger partial charge is 0.274 e.